The molecule has 2 aliphatic heterocycles. The zero-order chi connectivity index (χ0) is 19.0. The quantitative estimate of drug-likeness (QED) is 0.858. The summed E-state index contributed by atoms with van der Waals surface area (Å²) < 4.78 is 5.59. The first-order chi connectivity index (χ1) is 13.0. The van der Waals surface area contributed by atoms with E-state index in [1.165, 1.54) is 5.56 Å². The van der Waals surface area contributed by atoms with Crippen LogP contribution in [-0.2, 0) is 17.8 Å². The first kappa shape index (κ1) is 17.7. The topological polar surface area (TPSA) is 96.6 Å². The zero-order valence-electron chi connectivity index (χ0n) is 15.6. The highest BCUT2D eigenvalue weighted by atomic mass is 16.5. The van der Waals surface area contributed by atoms with E-state index in [4.69, 9.17) is 20.4 Å². The van der Waals surface area contributed by atoms with E-state index in [0.717, 1.165) is 36.7 Å². The third kappa shape index (κ3) is 3.58. The fourth-order valence-electron chi connectivity index (χ4n) is 3.64. The fourth-order valence-corrected chi connectivity index (χ4v) is 3.64. The van der Waals surface area contributed by atoms with Crippen molar-refractivity contribution >= 4 is 17.5 Å². The molecular weight excluding hydrogens is 344 g/mol. The van der Waals surface area contributed by atoms with Gasteiger partial charge in [-0.3, -0.25) is 4.90 Å². The molecule has 1 saturated heterocycles. The summed E-state index contributed by atoms with van der Waals surface area (Å²) in [5, 5.41) is 2.57. The number of morpholine rings is 1. The number of amides is 2. The average molecular weight is 368 g/mol. The van der Waals surface area contributed by atoms with Gasteiger partial charge in [-0.2, -0.15) is 0 Å². The van der Waals surface area contributed by atoms with Crippen molar-refractivity contribution in [3.63, 3.8) is 0 Å². The summed E-state index contributed by atoms with van der Waals surface area (Å²) in [6.45, 7) is 6.08. The maximum Gasteiger partial charge on any atom is 0.316 e. The molecule has 0 unspecified atom stereocenters. The van der Waals surface area contributed by atoms with Gasteiger partial charge >= 0.3 is 6.03 Å². The molecule has 8 heteroatoms. The normalized spacial score (nSPS) is 19.8. The number of carbonyl (C=O) groups excluding carboxylic acids is 1. The number of nitrogens with two attached hydrogens (primary N) is 1. The van der Waals surface area contributed by atoms with Gasteiger partial charge in [-0.05, 0) is 38.2 Å². The molecular formula is C19H24N6O2. The highest BCUT2D eigenvalue weighted by Crippen LogP contribution is 2.32. The second-order valence-electron chi connectivity index (χ2n) is 7.15. The Bertz CT molecular complexity index is 854. The van der Waals surface area contributed by atoms with Gasteiger partial charge in [-0.15, -0.1) is 0 Å². The van der Waals surface area contributed by atoms with Crippen LogP contribution in [0.1, 0.15) is 18.2 Å². The maximum absolute atomic E-state index is 11.0. The van der Waals surface area contributed by atoms with Crippen molar-refractivity contribution in [2.75, 3.05) is 37.0 Å². The molecule has 1 aromatic carbocycles. The number of ether oxygens (including phenoxy) is 1. The summed E-state index contributed by atoms with van der Waals surface area (Å²) in [5.74, 6) is 1.71. The molecule has 142 valence electrons. The Morgan fingerprint density at radius 2 is 2.04 bits per heavy atom. The van der Waals surface area contributed by atoms with Crippen LogP contribution in [0.4, 0.5) is 16.3 Å². The number of hydrogen-bond acceptors (Lipinski definition) is 6. The van der Waals surface area contributed by atoms with E-state index >= 15 is 0 Å². The number of benzene rings is 1. The Labute approximate surface area is 158 Å². The van der Waals surface area contributed by atoms with Crippen LogP contribution in [-0.4, -0.2) is 53.7 Å². The molecule has 2 amide bonds. The minimum absolute atomic E-state index is 0.277. The standard InChI is InChI=1S/C19H24N6O2/c1-12-11-27-8-7-25(12)18-15-9-24(2)10-16(15)22-17(23-18)13-3-5-14(6-4-13)21-19(20)26/h3-6,12H,7-11H2,1-2H3,(H3,20,21,26)/t12-/m0/s1. The number of carbonyl (C=O) groups is 1. The summed E-state index contributed by atoms with van der Waals surface area (Å²) in [7, 11) is 2.10. The molecule has 3 heterocycles. The minimum atomic E-state index is -0.580. The van der Waals surface area contributed by atoms with Crippen molar-refractivity contribution in [1.29, 1.82) is 0 Å². The largest absolute Gasteiger partial charge is 0.377 e. The maximum atomic E-state index is 11.0. The number of anilines is 2. The van der Waals surface area contributed by atoms with Gasteiger partial charge in [0.15, 0.2) is 5.82 Å². The van der Waals surface area contributed by atoms with E-state index in [1.807, 2.05) is 12.1 Å². The molecule has 0 saturated carbocycles. The monoisotopic (exact) mass is 368 g/mol. The molecule has 8 nitrogen and oxygen atoms in total. The lowest BCUT2D eigenvalue weighted by Crippen LogP contribution is -2.44. The zero-order valence-corrected chi connectivity index (χ0v) is 15.6. The number of nitrogens with one attached hydrogen (secondary N) is 1. The Balaban J connectivity index is 1.72. The minimum Gasteiger partial charge on any atom is -0.377 e. The van der Waals surface area contributed by atoms with Gasteiger partial charge in [0, 0.05) is 36.4 Å². The molecule has 0 aliphatic carbocycles. The highest BCUT2D eigenvalue weighted by Gasteiger charge is 2.29. The van der Waals surface area contributed by atoms with Crippen LogP contribution < -0.4 is 16.0 Å². The Morgan fingerprint density at radius 3 is 2.74 bits per heavy atom. The van der Waals surface area contributed by atoms with Gasteiger partial charge in [0.1, 0.15) is 5.82 Å². The summed E-state index contributed by atoms with van der Waals surface area (Å²) >= 11 is 0. The van der Waals surface area contributed by atoms with Gasteiger partial charge in [-0.25, -0.2) is 14.8 Å². The number of urea groups is 1. The Morgan fingerprint density at radius 1 is 1.26 bits per heavy atom. The first-order valence-electron chi connectivity index (χ1n) is 9.11. The van der Waals surface area contributed by atoms with Crippen molar-refractivity contribution in [3.05, 3.63) is 35.5 Å². The molecule has 0 bridgehead atoms. The molecule has 1 fully saturated rings. The van der Waals surface area contributed by atoms with Crippen LogP contribution in [0.15, 0.2) is 24.3 Å². The van der Waals surface area contributed by atoms with Gasteiger partial charge in [0.2, 0.25) is 0 Å². The van der Waals surface area contributed by atoms with Crippen LogP contribution in [0.5, 0.6) is 0 Å². The SMILES string of the molecule is C[C@H]1COCCN1c1nc(-c2ccc(NC(N)=O)cc2)nc2c1CN(C)C2. The third-order valence-electron chi connectivity index (χ3n) is 4.97. The second kappa shape index (κ2) is 7.13. The van der Waals surface area contributed by atoms with E-state index in [1.54, 1.807) is 12.1 Å². The number of aromatic nitrogens is 2. The van der Waals surface area contributed by atoms with E-state index in [9.17, 15) is 4.79 Å². The van der Waals surface area contributed by atoms with Crippen LogP contribution in [0.3, 0.4) is 0 Å². The smallest absolute Gasteiger partial charge is 0.316 e. The number of nitrogens with zero attached hydrogens (tertiary/aromatic N) is 4. The predicted octanol–water partition coefficient (Wildman–Crippen LogP) is 1.80. The molecule has 1 atom stereocenters. The molecule has 4 rings (SSSR count). The number of fused-ring (bicyclic) bond motifs is 1. The van der Waals surface area contributed by atoms with Crippen LogP contribution >= 0.6 is 0 Å². The summed E-state index contributed by atoms with van der Waals surface area (Å²) in [5.41, 5.74) is 9.01. The lowest BCUT2D eigenvalue weighted by Gasteiger charge is -2.35. The Kier molecular flexibility index (Phi) is 4.67. The third-order valence-corrected chi connectivity index (χ3v) is 4.97. The van der Waals surface area contributed by atoms with E-state index in [2.05, 4.69) is 29.1 Å². The van der Waals surface area contributed by atoms with E-state index in [0.29, 0.717) is 24.7 Å². The van der Waals surface area contributed by atoms with Gasteiger partial charge in [0.25, 0.3) is 0 Å². The summed E-state index contributed by atoms with van der Waals surface area (Å²) in [6.07, 6.45) is 0. The predicted molar refractivity (Wildman–Crippen MR) is 103 cm³/mol. The second-order valence-corrected chi connectivity index (χ2v) is 7.15. The molecule has 2 aromatic rings. The molecule has 1 aromatic heterocycles. The number of primary amides is 1. The highest BCUT2D eigenvalue weighted by molar-refractivity contribution is 5.88. The van der Waals surface area contributed by atoms with Gasteiger partial charge in [0.05, 0.1) is 24.9 Å². The molecule has 3 N–H and O–H groups in total. The molecule has 0 spiro atoms. The number of rotatable bonds is 3. The fraction of sp³-hybridized carbons (Fsp3) is 0.421. The van der Waals surface area contributed by atoms with Crippen molar-refractivity contribution in [3.8, 4) is 11.4 Å². The van der Waals surface area contributed by atoms with E-state index in [-0.39, 0.29) is 6.04 Å². The summed E-state index contributed by atoms with van der Waals surface area (Å²) in [4.78, 5) is 25.3. The van der Waals surface area contributed by atoms with Crippen molar-refractivity contribution in [2.45, 2.75) is 26.1 Å². The first-order valence-corrected chi connectivity index (χ1v) is 9.11. The summed E-state index contributed by atoms with van der Waals surface area (Å²) in [6, 6.07) is 7.11. The van der Waals surface area contributed by atoms with Gasteiger partial charge in [-0.1, -0.05) is 0 Å². The van der Waals surface area contributed by atoms with Crippen LogP contribution in [0.25, 0.3) is 11.4 Å². The lowest BCUT2D eigenvalue weighted by atomic mass is 10.1. The van der Waals surface area contributed by atoms with Gasteiger partial charge < -0.3 is 20.7 Å². The van der Waals surface area contributed by atoms with Crippen LogP contribution in [0, 0.1) is 0 Å². The molecule has 27 heavy (non-hydrogen) atoms. The lowest BCUT2D eigenvalue weighted by molar-refractivity contribution is 0.0984. The molecule has 0 radical (unpaired) electrons. The average Bonchev–Trinajstić information content (AvgIpc) is 3.02. The number of hydrogen-bond donors (Lipinski definition) is 2. The molecule has 2 aliphatic rings. The Hall–Kier alpha value is -2.71. The van der Waals surface area contributed by atoms with Crippen molar-refractivity contribution in [2.24, 2.45) is 5.73 Å². The van der Waals surface area contributed by atoms with Crippen molar-refractivity contribution in [1.82, 2.24) is 14.9 Å². The van der Waals surface area contributed by atoms with Crippen LogP contribution in [0.2, 0.25) is 0 Å². The van der Waals surface area contributed by atoms with E-state index < -0.39 is 6.03 Å². The van der Waals surface area contributed by atoms with Crippen molar-refractivity contribution < 1.29 is 9.53 Å².